The first-order chi connectivity index (χ1) is 16.1. The summed E-state index contributed by atoms with van der Waals surface area (Å²) >= 11 is 0. The zero-order valence-electron chi connectivity index (χ0n) is 18.6. The first-order valence-corrected chi connectivity index (χ1v) is 10.9. The lowest BCUT2D eigenvalue weighted by atomic mass is 9.94. The van der Waals surface area contributed by atoms with Gasteiger partial charge in [0.1, 0.15) is 5.82 Å². The van der Waals surface area contributed by atoms with Crippen LogP contribution in [-0.2, 0) is 11.3 Å². The Bertz CT molecular complexity index is 1060. The van der Waals surface area contributed by atoms with Gasteiger partial charge in [-0.15, -0.1) is 0 Å². The smallest absolute Gasteiger partial charge is 0.255 e. The van der Waals surface area contributed by atoms with E-state index < -0.39 is 5.91 Å². The molecule has 3 N–H and O–H groups in total. The van der Waals surface area contributed by atoms with Crippen LogP contribution in [0.25, 0.3) is 0 Å². The van der Waals surface area contributed by atoms with Crippen LogP contribution in [0.1, 0.15) is 30.0 Å². The number of hydrogen-bond donors (Lipinski definition) is 2. The molecule has 1 atom stereocenters. The maximum absolute atomic E-state index is 11.0. The van der Waals surface area contributed by atoms with Crippen molar-refractivity contribution in [3.63, 3.8) is 0 Å². The third-order valence-electron chi connectivity index (χ3n) is 5.55. The number of benzene rings is 1. The number of methoxy groups -OCH3 is 1. The molecule has 0 saturated carbocycles. The minimum absolute atomic E-state index is 0.177. The molecule has 33 heavy (non-hydrogen) atoms. The number of carbonyl (C=O) groups is 1. The van der Waals surface area contributed by atoms with Gasteiger partial charge in [0.05, 0.1) is 25.2 Å². The molecule has 0 unspecified atom stereocenters. The van der Waals surface area contributed by atoms with Crippen molar-refractivity contribution in [2.45, 2.75) is 25.3 Å². The summed E-state index contributed by atoms with van der Waals surface area (Å²) in [5, 5.41) is 3.21. The van der Waals surface area contributed by atoms with Gasteiger partial charge in [0, 0.05) is 37.1 Å². The molecule has 4 rings (SSSR count). The molecule has 1 saturated heterocycles. The highest BCUT2D eigenvalue weighted by atomic mass is 16.5. The number of carbonyl (C=O) groups excluding carboxylic acids is 1. The summed E-state index contributed by atoms with van der Waals surface area (Å²) in [7, 11) is 1.59. The van der Waals surface area contributed by atoms with Crippen molar-refractivity contribution in [1.29, 1.82) is 0 Å². The maximum Gasteiger partial charge on any atom is 0.255 e. The molecule has 0 aliphatic carbocycles. The number of pyridine rings is 1. The maximum atomic E-state index is 11.0. The van der Waals surface area contributed by atoms with Gasteiger partial charge in [-0.3, -0.25) is 19.7 Å². The van der Waals surface area contributed by atoms with Crippen LogP contribution in [0.2, 0.25) is 0 Å². The van der Waals surface area contributed by atoms with Gasteiger partial charge in [0.15, 0.2) is 18.1 Å². The van der Waals surface area contributed by atoms with Crippen molar-refractivity contribution in [2.75, 3.05) is 32.1 Å². The van der Waals surface area contributed by atoms with Gasteiger partial charge in [-0.25, -0.2) is 4.98 Å². The minimum atomic E-state index is -0.522. The van der Waals surface area contributed by atoms with Gasteiger partial charge in [0.2, 0.25) is 0 Å². The van der Waals surface area contributed by atoms with E-state index in [4.69, 9.17) is 20.2 Å². The number of aromatic nitrogens is 3. The molecular weight excluding hydrogens is 420 g/mol. The van der Waals surface area contributed by atoms with E-state index in [2.05, 4.69) is 26.3 Å². The predicted molar refractivity (Wildman–Crippen MR) is 124 cm³/mol. The van der Waals surface area contributed by atoms with Gasteiger partial charge >= 0.3 is 0 Å². The van der Waals surface area contributed by atoms with Crippen LogP contribution < -0.4 is 20.5 Å². The Labute approximate surface area is 193 Å². The molecule has 1 aromatic carbocycles. The van der Waals surface area contributed by atoms with Crippen molar-refractivity contribution in [3.05, 3.63) is 66.4 Å². The summed E-state index contributed by atoms with van der Waals surface area (Å²) in [5.74, 6) is 1.65. The second kappa shape index (κ2) is 10.7. The van der Waals surface area contributed by atoms with Gasteiger partial charge in [0.25, 0.3) is 5.91 Å². The van der Waals surface area contributed by atoms with Crippen molar-refractivity contribution in [1.82, 2.24) is 19.9 Å². The lowest BCUT2D eigenvalue weighted by molar-refractivity contribution is -0.119. The Morgan fingerprint density at radius 1 is 1.18 bits per heavy atom. The van der Waals surface area contributed by atoms with Crippen molar-refractivity contribution >= 4 is 17.4 Å². The van der Waals surface area contributed by atoms with E-state index in [1.807, 2.05) is 30.5 Å². The predicted octanol–water partition coefficient (Wildman–Crippen LogP) is 2.87. The SMILES string of the molecule is COc1cc(CN2CCC[C@H](c3ccc(Nc4cnccn4)cn3)C2)ccc1OCC(N)=O. The monoisotopic (exact) mass is 448 g/mol. The Kier molecular flexibility index (Phi) is 7.31. The van der Waals surface area contributed by atoms with Crippen molar-refractivity contribution in [2.24, 2.45) is 5.73 Å². The van der Waals surface area contributed by atoms with E-state index in [-0.39, 0.29) is 6.61 Å². The van der Waals surface area contributed by atoms with Crippen LogP contribution in [0.5, 0.6) is 11.5 Å². The number of likely N-dealkylation sites (tertiary alicyclic amines) is 1. The molecule has 2 aromatic heterocycles. The van der Waals surface area contributed by atoms with Gasteiger partial charge in [-0.2, -0.15) is 0 Å². The van der Waals surface area contributed by atoms with Gasteiger partial charge < -0.3 is 20.5 Å². The molecule has 0 spiro atoms. The highest BCUT2D eigenvalue weighted by molar-refractivity contribution is 5.75. The average Bonchev–Trinajstić information content (AvgIpc) is 2.84. The van der Waals surface area contributed by atoms with E-state index in [9.17, 15) is 4.79 Å². The number of ether oxygens (including phenoxy) is 2. The Hall–Kier alpha value is -3.72. The van der Waals surface area contributed by atoms with Crippen LogP contribution in [0, 0.1) is 0 Å². The molecule has 1 amide bonds. The van der Waals surface area contributed by atoms with E-state index in [1.165, 1.54) is 0 Å². The topological polar surface area (TPSA) is 115 Å². The number of nitrogens with zero attached hydrogens (tertiary/aromatic N) is 4. The van der Waals surface area contributed by atoms with Crippen LogP contribution >= 0.6 is 0 Å². The average molecular weight is 449 g/mol. The van der Waals surface area contributed by atoms with Crippen LogP contribution in [0.15, 0.2) is 55.1 Å². The lowest BCUT2D eigenvalue weighted by Gasteiger charge is -2.32. The molecular formula is C24H28N6O3. The van der Waals surface area contributed by atoms with Crippen LogP contribution in [0.4, 0.5) is 11.5 Å². The number of anilines is 2. The molecule has 3 aromatic rings. The number of hydrogen-bond acceptors (Lipinski definition) is 8. The standard InChI is InChI=1S/C24H28N6O3/c1-32-22-11-17(4-7-21(22)33-16-23(25)31)14-30-10-2-3-18(15-30)20-6-5-19(12-28-20)29-24-13-26-8-9-27-24/h4-9,11-13,18H,2-3,10,14-16H2,1H3,(H2,25,31)(H,27,29)/t18-/m0/s1. The molecule has 1 aliphatic heterocycles. The molecule has 0 radical (unpaired) electrons. The molecule has 1 fully saturated rings. The quantitative estimate of drug-likeness (QED) is 0.513. The summed E-state index contributed by atoms with van der Waals surface area (Å²) in [6, 6.07) is 9.88. The van der Waals surface area contributed by atoms with Gasteiger partial charge in [-0.1, -0.05) is 6.07 Å². The fraction of sp³-hybridized carbons (Fsp3) is 0.333. The molecule has 9 nitrogen and oxygen atoms in total. The highest BCUT2D eigenvalue weighted by Gasteiger charge is 2.23. The summed E-state index contributed by atoms with van der Waals surface area (Å²) < 4.78 is 10.9. The molecule has 0 bridgehead atoms. The minimum Gasteiger partial charge on any atom is -0.493 e. The number of piperidine rings is 1. The Balaban J connectivity index is 1.37. The zero-order chi connectivity index (χ0) is 23.0. The normalized spacial score (nSPS) is 16.2. The van der Waals surface area contributed by atoms with Crippen LogP contribution in [0.3, 0.4) is 0 Å². The molecule has 3 heterocycles. The first-order valence-electron chi connectivity index (χ1n) is 10.9. The summed E-state index contributed by atoms with van der Waals surface area (Å²) in [6.45, 7) is 2.59. The second-order valence-electron chi connectivity index (χ2n) is 8.00. The Morgan fingerprint density at radius 2 is 2.09 bits per heavy atom. The van der Waals surface area contributed by atoms with E-state index in [0.717, 1.165) is 49.4 Å². The summed E-state index contributed by atoms with van der Waals surface area (Å²) in [5.41, 5.74) is 8.27. The number of rotatable bonds is 9. The number of amides is 1. The lowest BCUT2D eigenvalue weighted by Crippen LogP contribution is -2.34. The number of primary amides is 1. The van der Waals surface area contributed by atoms with E-state index in [1.54, 1.807) is 25.7 Å². The second-order valence-corrected chi connectivity index (χ2v) is 8.00. The number of nitrogens with two attached hydrogens (primary N) is 1. The third kappa shape index (κ3) is 6.17. The zero-order valence-corrected chi connectivity index (χ0v) is 18.6. The summed E-state index contributed by atoms with van der Waals surface area (Å²) in [6.07, 6.45) is 9.05. The van der Waals surface area contributed by atoms with Crippen LogP contribution in [-0.4, -0.2) is 52.6 Å². The number of nitrogens with one attached hydrogen (secondary N) is 1. The Morgan fingerprint density at radius 3 is 2.82 bits per heavy atom. The van der Waals surface area contributed by atoms with E-state index >= 15 is 0 Å². The first kappa shape index (κ1) is 22.5. The third-order valence-corrected chi connectivity index (χ3v) is 5.55. The fourth-order valence-corrected chi connectivity index (χ4v) is 4.01. The highest BCUT2D eigenvalue weighted by Crippen LogP contribution is 2.31. The summed E-state index contributed by atoms with van der Waals surface area (Å²) in [4.78, 5) is 26.4. The fourth-order valence-electron chi connectivity index (χ4n) is 4.01. The molecule has 9 heteroatoms. The largest absolute Gasteiger partial charge is 0.493 e. The van der Waals surface area contributed by atoms with Gasteiger partial charge in [-0.05, 0) is 49.2 Å². The van der Waals surface area contributed by atoms with Crippen molar-refractivity contribution in [3.8, 4) is 11.5 Å². The molecule has 1 aliphatic rings. The van der Waals surface area contributed by atoms with E-state index in [0.29, 0.717) is 23.2 Å². The van der Waals surface area contributed by atoms with Crippen molar-refractivity contribution < 1.29 is 14.3 Å². The molecule has 172 valence electrons.